The summed E-state index contributed by atoms with van der Waals surface area (Å²) < 4.78 is 39.8. The maximum atomic E-state index is 13.4. The van der Waals surface area contributed by atoms with Gasteiger partial charge in [-0.25, -0.2) is 27.9 Å². The Morgan fingerprint density at radius 3 is 2.71 bits per heavy atom. The number of ether oxygens (including phenoxy) is 1. The van der Waals surface area contributed by atoms with Gasteiger partial charge in [0.1, 0.15) is 23.9 Å². The van der Waals surface area contributed by atoms with E-state index in [1.807, 2.05) is 19.1 Å². The number of sulfone groups is 1. The first-order valence-corrected chi connectivity index (χ1v) is 13.6. The molecule has 1 fully saturated rings. The second-order valence-corrected chi connectivity index (χ2v) is 11.1. The molecule has 1 aliphatic heterocycles. The number of hydrogen-bond acceptors (Lipinski definition) is 10. The molecule has 2 atom stereocenters. The summed E-state index contributed by atoms with van der Waals surface area (Å²) in [6.07, 6.45) is 2.90. The summed E-state index contributed by atoms with van der Waals surface area (Å²) in [7, 11) is -3.79. The minimum absolute atomic E-state index is 0.114. The van der Waals surface area contributed by atoms with Crippen LogP contribution in [0.1, 0.15) is 18.7 Å². The lowest BCUT2D eigenvalue weighted by Crippen LogP contribution is -2.43. The van der Waals surface area contributed by atoms with E-state index in [0.29, 0.717) is 51.8 Å². The van der Waals surface area contributed by atoms with Crippen LogP contribution in [0.5, 0.6) is 0 Å². The number of nitrogen functional groups attached to an aromatic ring is 1. The molecule has 3 aromatic heterocycles. The molecule has 1 saturated heterocycles. The zero-order chi connectivity index (χ0) is 26.4. The normalized spacial score (nSPS) is 17.1. The van der Waals surface area contributed by atoms with Crippen molar-refractivity contribution in [3.63, 3.8) is 0 Å². The number of nitrogens with zero attached hydrogens (tertiary/aromatic N) is 4. The van der Waals surface area contributed by atoms with Gasteiger partial charge in [0, 0.05) is 24.0 Å². The minimum Gasteiger partial charge on any atom is -0.424 e. The Morgan fingerprint density at radius 1 is 1.11 bits per heavy atom. The van der Waals surface area contributed by atoms with E-state index in [4.69, 9.17) is 14.9 Å². The molecule has 0 amide bonds. The SMILES string of the molecule is CC(c1oc(=O)c2ccccc2c1-c1cccc(S(=O)(=O)C2CNCCO2)c1)n1ncc2c(N)ncnc21. The highest BCUT2D eigenvalue weighted by Crippen LogP contribution is 2.37. The van der Waals surface area contributed by atoms with Crippen molar-refractivity contribution in [2.24, 2.45) is 0 Å². The number of anilines is 1. The topological polar surface area (TPSA) is 155 Å². The van der Waals surface area contributed by atoms with Crippen molar-refractivity contribution in [1.29, 1.82) is 0 Å². The van der Waals surface area contributed by atoms with E-state index in [0.717, 1.165) is 0 Å². The van der Waals surface area contributed by atoms with Crippen LogP contribution < -0.4 is 16.7 Å². The average molecular weight is 533 g/mol. The monoisotopic (exact) mass is 532 g/mol. The highest BCUT2D eigenvalue weighted by Gasteiger charge is 2.31. The van der Waals surface area contributed by atoms with E-state index < -0.39 is 26.9 Å². The number of morpholine rings is 1. The molecular formula is C26H24N6O5S. The molecule has 1 aliphatic rings. The Hall–Kier alpha value is -4.13. The summed E-state index contributed by atoms with van der Waals surface area (Å²) in [6, 6.07) is 13.1. The number of nitrogens with one attached hydrogen (secondary N) is 1. The Bertz CT molecular complexity index is 1840. The molecule has 0 radical (unpaired) electrons. The molecule has 0 aliphatic carbocycles. The zero-order valence-corrected chi connectivity index (χ0v) is 21.2. The van der Waals surface area contributed by atoms with Crippen LogP contribution in [0.2, 0.25) is 0 Å². The van der Waals surface area contributed by atoms with Gasteiger partial charge in [0.05, 0.1) is 28.5 Å². The first-order valence-electron chi connectivity index (χ1n) is 12.0. The summed E-state index contributed by atoms with van der Waals surface area (Å²) >= 11 is 0. The number of aromatic nitrogens is 4. The zero-order valence-electron chi connectivity index (χ0n) is 20.4. The van der Waals surface area contributed by atoms with E-state index >= 15 is 0 Å². The smallest absolute Gasteiger partial charge is 0.343 e. The summed E-state index contributed by atoms with van der Waals surface area (Å²) in [5.41, 5.74) is 6.13. The van der Waals surface area contributed by atoms with Crippen molar-refractivity contribution in [1.82, 2.24) is 25.1 Å². The quantitative estimate of drug-likeness (QED) is 0.345. The van der Waals surface area contributed by atoms with Crippen LogP contribution in [0, 0.1) is 0 Å². The maximum absolute atomic E-state index is 13.4. The number of fused-ring (bicyclic) bond motifs is 2. The van der Waals surface area contributed by atoms with Gasteiger partial charge >= 0.3 is 5.63 Å². The fourth-order valence-electron chi connectivity index (χ4n) is 4.81. The Balaban J connectivity index is 1.57. The van der Waals surface area contributed by atoms with Gasteiger partial charge in [-0.15, -0.1) is 0 Å². The first-order chi connectivity index (χ1) is 18.4. The van der Waals surface area contributed by atoms with Gasteiger partial charge in [-0.05, 0) is 30.7 Å². The highest BCUT2D eigenvalue weighted by molar-refractivity contribution is 7.92. The van der Waals surface area contributed by atoms with E-state index in [1.165, 1.54) is 6.33 Å². The van der Waals surface area contributed by atoms with Crippen molar-refractivity contribution in [3.8, 4) is 11.1 Å². The molecule has 6 rings (SSSR count). The molecule has 0 bridgehead atoms. The van der Waals surface area contributed by atoms with Crippen molar-refractivity contribution in [2.45, 2.75) is 23.3 Å². The van der Waals surface area contributed by atoms with Crippen LogP contribution in [0.4, 0.5) is 5.82 Å². The van der Waals surface area contributed by atoms with Gasteiger partial charge in [-0.1, -0.05) is 30.3 Å². The molecule has 0 saturated carbocycles. The molecule has 0 spiro atoms. The molecule has 2 unspecified atom stereocenters. The van der Waals surface area contributed by atoms with Gasteiger partial charge in [0.2, 0.25) is 9.84 Å². The second-order valence-electron chi connectivity index (χ2n) is 9.01. The predicted molar refractivity (Wildman–Crippen MR) is 141 cm³/mol. The molecule has 11 nitrogen and oxygen atoms in total. The molecule has 3 N–H and O–H groups in total. The molecule has 5 aromatic rings. The Labute approximate surface area is 217 Å². The van der Waals surface area contributed by atoms with Crippen molar-refractivity contribution >= 4 is 37.5 Å². The Kier molecular flexibility index (Phi) is 5.94. The van der Waals surface area contributed by atoms with Crippen molar-refractivity contribution < 1.29 is 17.6 Å². The largest absolute Gasteiger partial charge is 0.424 e. The first kappa shape index (κ1) is 24.2. The summed E-state index contributed by atoms with van der Waals surface area (Å²) in [6.45, 7) is 2.94. The summed E-state index contributed by atoms with van der Waals surface area (Å²) in [5, 5.41) is 9.08. The molecular weight excluding hydrogens is 508 g/mol. The minimum atomic E-state index is -3.79. The average Bonchev–Trinajstić information content (AvgIpc) is 3.39. The van der Waals surface area contributed by atoms with Crippen LogP contribution in [0.25, 0.3) is 32.9 Å². The molecule has 2 aromatic carbocycles. The third-order valence-electron chi connectivity index (χ3n) is 6.72. The number of benzene rings is 2. The van der Waals surface area contributed by atoms with E-state index in [2.05, 4.69) is 20.4 Å². The molecule has 194 valence electrons. The lowest BCUT2D eigenvalue weighted by Gasteiger charge is -2.24. The third-order valence-corrected chi connectivity index (χ3v) is 8.63. The fraction of sp³-hybridized carbons (Fsp3) is 0.231. The lowest BCUT2D eigenvalue weighted by atomic mass is 9.96. The Morgan fingerprint density at radius 2 is 1.92 bits per heavy atom. The van der Waals surface area contributed by atoms with Gasteiger partial charge in [-0.3, -0.25) is 0 Å². The number of hydrogen-bond donors (Lipinski definition) is 2. The second kappa shape index (κ2) is 9.31. The van der Waals surface area contributed by atoms with Crippen molar-refractivity contribution in [3.05, 3.63) is 77.2 Å². The van der Waals surface area contributed by atoms with E-state index in [9.17, 15) is 13.2 Å². The fourth-order valence-corrected chi connectivity index (χ4v) is 6.28. The van der Waals surface area contributed by atoms with Crippen molar-refractivity contribution in [2.75, 3.05) is 25.4 Å². The van der Waals surface area contributed by atoms with Gasteiger partial charge in [0.15, 0.2) is 11.1 Å². The molecule has 38 heavy (non-hydrogen) atoms. The number of nitrogens with two attached hydrogens (primary N) is 1. The summed E-state index contributed by atoms with van der Waals surface area (Å²) in [4.78, 5) is 21.5. The van der Waals surface area contributed by atoms with E-state index in [-0.39, 0.29) is 17.3 Å². The number of rotatable bonds is 5. The third kappa shape index (κ3) is 3.93. The predicted octanol–water partition coefficient (Wildman–Crippen LogP) is 2.51. The molecule has 4 heterocycles. The van der Waals surface area contributed by atoms with Crippen LogP contribution in [-0.4, -0.2) is 53.3 Å². The lowest BCUT2D eigenvalue weighted by molar-refractivity contribution is 0.0785. The van der Waals surface area contributed by atoms with E-state index in [1.54, 1.807) is 47.3 Å². The van der Waals surface area contributed by atoms with Crippen LogP contribution in [0.3, 0.4) is 0 Å². The van der Waals surface area contributed by atoms with Crippen LogP contribution in [0.15, 0.2) is 75.2 Å². The van der Waals surface area contributed by atoms with Gasteiger partial charge < -0.3 is 20.2 Å². The molecule has 12 heteroatoms. The summed E-state index contributed by atoms with van der Waals surface area (Å²) in [5.74, 6) is 0.590. The van der Waals surface area contributed by atoms with Gasteiger partial charge in [-0.2, -0.15) is 5.10 Å². The highest BCUT2D eigenvalue weighted by atomic mass is 32.2. The van der Waals surface area contributed by atoms with Crippen LogP contribution in [-0.2, 0) is 14.6 Å². The standard InChI is InChI=1S/C26H24N6O5S/c1-15(32-25-20(12-31-32)24(27)29-14-30-25)23-22(18-7-2-3-8-19(18)26(33)37-23)16-5-4-6-17(11-16)38(34,35)21-13-28-9-10-36-21/h2-8,11-12,14-15,21,28H,9-10,13H2,1H3,(H2,27,29,30). The van der Waals surface area contributed by atoms with Gasteiger partial charge in [0.25, 0.3) is 0 Å². The van der Waals surface area contributed by atoms with Crippen LogP contribution >= 0.6 is 0 Å². The maximum Gasteiger partial charge on any atom is 0.343 e.